The first-order valence-electron chi connectivity index (χ1n) is 8.56. The first-order valence-corrected chi connectivity index (χ1v) is 8.56. The summed E-state index contributed by atoms with van der Waals surface area (Å²) >= 11 is 0. The minimum atomic E-state index is -0.417. The predicted octanol–water partition coefficient (Wildman–Crippen LogP) is 3.13. The summed E-state index contributed by atoms with van der Waals surface area (Å²) in [7, 11) is 3.11. The highest BCUT2D eigenvalue weighted by Gasteiger charge is 2.14. The number of anilines is 3. The average Bonchev–Trinajstić information content (AvgIpc) is 2.68. The third kappa shape index (κ3) is 4.33. The lowest BCUT2D eigenvalue weighted by Crippen LogP contribution is -2.30. The normalized spacial score (nSPS) is 13.8. The van der Waals surface area contributed by atoms with Crippen molar-refractivity contribution in [1.29, 1.82) is 0 Å². The second-order valence-electron chi connectivity index (χ2n) is 5.95. The van der Waals surface area contributed by atoms with E-state index >= 15 is 0 Å². The van der Waals surface area contributed by atoms with Crippen molar-refractivity contribution in [2.45, 2.75) is 19.3 Å². The number of nitrogens with zero attached hydrogens (tertiary/aromatic N) is 3. The molecule has 8 nitrogen and oxygen atoms in total. The fourth-order valence-electron chi connectivity index (χ4n) is 2.89. The number of amides is 2. The van der Waals surface area contributed by atoms with E-state index in [1.165, 1.54) is 12.7 Å². The number of aromatic nitrogens is 2. The highest BCUT2D eigenvalue weighted by atomic mass is 16.5. The fraction of sp³-hybridized carbons (Fsp3) is 0.389. The van der Waals surface area contributed by atoms with Gasteiger partial charge in [0.25, 0.3) is 0 Å². The van der Waals surface area contributed by atoms with E-state index in [1.807, 2.05) is 0 Å². The second-order valence-corrected chi connectivity index (χ2v) is 5.95. The van der Waals surface area contributed by atoms with Crippen LogP contribution in [0.4, 0.5) is 22.1 Å². The van der Waals surface area contributed by atoms with E-state index in [0.29, 0.717) is 23.0 Å². The molecule has 0 saturated carbocycles. The van der Waals surface area contributed by atoms with Gasteiger partial charge in [0.05, 0.1) is 19.9 Å². The molecule has 2 heterocycles. The van der Waals surface area contributed by atoms with Crippen LogP contribution in [0.5, 0.6) is 11.5 Å². The van der Waals surface area contributed by atoms with Gasteiger partial charge in [-0.3, -0.25) is 5.32 Å². The van der Waals surface area contributed by atoms with Crippen molar-refractivity contribution in [2.24, 2.45) is 0 Å². The van der Waals surface area contributed by atoms with Gasteiger partial charge in [0, 0.05) is 25.2 Å². The molecule has 0 spiro atoms. The molecule has 0 atom stereocenters. The maximum Gasteiger partial charge on any atom is 0.324 e. The summed E-state index contributed by atoms with van der Waals surface area (Å²) in [6.45, 7) is 1.95. The molecule has 1 aromatic carbocycles. The fourth-order valence-corrected chi connectivity index (χ4v) is 2.89. The Labute approximate surface area is 152 Å². The van der Waals surface area contributed by atoms with Crippen LogP contribution in [0.1, 0.15) is 19.3 Å². The van der Waals surface area contributed by atoms with Crippen LogP contribution in [0.3, 0.4) is 0 Å². The molecule has 2 amide bonds. The van der Waals surface area contributed by atoms with Crippen LogP contribution in [0.25, 0.3) is 0 Å². The lowest BCUT2D eigenvalue weighted by Gasteiger charge is -2.27. The SMILES string of the molecule is COc1ccc(OC)c(NC(=O)Nc2cc(N3CCCCC3)ncn2)c1. The van der Waals surface area contributed by atoms with Crippen LogP contribution in [-0.4, -0.2) is 43.3 Å². The van der Waals surface area contributed by atoms with Crippen molar-refractivity contribution in [2.75, 3.05) is 42.8 Å². The molecule has 0 radical (unpaired) electrons. The van der Waals surface area contributed by atoms with E-state index in [9.17, 15) is 4.79 Å². The molecule has 0 unspecified atom stereocenters. The lowest BCUT2D eigenvalue weighted by atomic mass is 10.1. The largest absolute Gasteiger partial charge is 0.497 e. The summed E-state index contributed by atoms with van der Waals surface area (Å²) in [5.41, 5.74) is 0.509. The van der Waals surface area contributed by atoms with Crippen LogP contribution in [0, 0.1) is 0 Å². The van der Waals surface area contributed by atoms with E-state index in [0.717, 1.165) is 31.7 Å². The van der Waals surface area contributed by atoms with Crippen LogP contribution in [0.2, 0.25) is 0 Å². The minimum Gasteiger partial charge on any atom is -0.497 e. The second kappa shape index (κ2) is 8.37. The maximum absolute atomic E-state index is 12.3. The summed E-state index contributed by atoms with van der Waals surface area (Å²) in [5, 5.41) is 5.49. The number of nitrogens with one attached hydrogen (secondary N) is 2. The van der Waals surface area contributed by atoms with Gasteiger partial charge in [-0.05, 0) is 31.4 Å². The number of rotatable bonds is 5. The number of hydrogen-bond acceptors (Lipinski definition) is 6. The van der Waals surface area contributed by atoms with Gasteiger partial charge < -0.3 is 19.7 Å². The van der Waals surface area contributed by atoms with E-state index < -0.39 is 6.03 Å². The molecule has 1 aromatic heterocycles. The van der Waals surface area contributed by atoms with Gasteiger partial charge in [-0.15, -0.1) is 0 Å². The molecule has 1 aliphatic heterocycles. The Bertz CT molecular complexity index is 762. The van der Waals surface area contributed by atoms with Crippen LogP contribution < -0.4 is 25.0 Å². The summed E-state index contributed by atoms with van der Waals surface area (Å²) < 4.78 is 10.4. The van der Waals surface area contributed by atoms with Gasteiger partial charge in [-0.25, -0.2) is 14.8 Å². The monoisotopic (exact) mass is 357 g/mol. The van der Waals surface area contributed by atoms with Gasteiger partial charge in [0.15, 0.2) is 0 Å². The quantitative estimate of drug-likeness (QED) is 0.855. The predicted molar refractivity (Wildman–Crippen MR) is 100 cm³/mol. The molecular formula is C18H23N5O3. The first kappa shape index (κ1) is 17.8. The van der Waals surface area contributed by atoms with Crippen molar-refractivity contribution in [3.05, 3.63) is 30.6 Å². The maximum atomic E-state index is 12.3. The highest BCUT2D eigenvalue weighted by Crippen LogP contribution is 2.29. The number of piperidine rings is 1. The summed E-state index contributed by atoms with van der Waals surface area (Å²) in [5.74, 6) is 2.43. The lowest BCUT2D eigenvalue weighted by molar-refractivity contribution is 0.262. The van der Waals surface area contributed by atoms with E-state index in [1.54, 1.807) is 38.5 Å². The van der Waals surface area contributed by atoms with Crippen molar-refractivity contribution >= 4 is 23.4 Å². The zero-order valence-corrected chi connectivity index (χ0v) is 15.0. The van der Waals surface area contributed by atoms with Crippen molar-refractivity contribution in [3.8, 4) is 11.5 Å². The Hall–Kier alpha value is -3.03. The first-order chi connectivity index (χ1) is 12.7. The number of benzene rings is 1. The van der Waals surface area contributed by atoms with E-state index in [4.69, 9.17) is 9.47 Å². The Kier molecular flexibility index (Phi) is 5.73. The standard InChI is InChI=1S/C18H23N5O3/c1-25-13-6-7-15(26-2)14(10-13)21-18(24)22-16-11-17(20-12-19-16)23-8-4-3-5-9-23/h6-7,10-12H,3-5,8-9H2,1-2H3,(H2,19,20,21,22,24). The van der Waals surface area contributed by atoms with E-state index in [-0.39, 0.29) is 0 Å². The molecule has 26 heavy (non-hydrogen) atoms. The van der Waals surface area contributed by atoms with Gasteiger partial charge >= 0.3 is 6.03 Å². The topological polar surface area (TPSA) is 88.6 Å². The zero-order valence-electron chi connectivity index (χ0n) is 15.0. The van der Waals surface area contributed by atoms with Gasteiger partial charge in [-0.2, -0.15) is 0 Å². The molecule has 2 N–H and O–H groups in total. The van der Waals surface area contributed by atoms with Crippen molar-refractivity contribution in [3.63, 3.8) is 0 Å². The van der Waals surface area contributed by atoms with Crippen LogP contribution in [0.15, 0.2) is 30.6 Å². The molecule has 0 aliphatic carbocycles. The average molecular weight is 357 g/mol. The Morgan fingerprint density at radius 3 is 2.58 bits per heavy atom. The van der Waals surface area contributed by atoms with Crippen molar-refractivity contribution in [1.82, 2.24) is 9.97 Å². The van der Waals surface area contributed by atoms with Gasteiger partial charge in [0.1, 0.15) is 29.5 Å². The van der Waals surface area contributed by atoms with Crippen LogP contribution in [-0.2, 0) is 0 Å². The third-order valence-electron chi connectivity index (χ3n) is 4.23. The third-order valence-corrected chi connectivity index (χ3v) is 4.23. The highest BCUT2D eigenvalue weighted by molar-refractivity contribution is 6.00. The molecule has 8 heteroatoms. The molecule has 138 valence electrons. The van der Waals surface area contributed by atoms with Gasteiger partial charge in [0.2, 0.25) is 0 Å². The molecule has 1 saturated heterocycles. The number of carbonyl (C=O) groups is 1. The molecule has 1 fully saturated rings. The minimum absolute atomic E-state index is 0.417. The molecule has 0 bridgehead atoms. The molecule has 2 aromatic rings. The number of ether oxygens (including phenoxy) is 2. The number of hydrogen-bond donors (Lipinski definition) is 2. The van der Waals surface area contributed by atoms with E-state index in [2.05, 4.69) is 25.5 Å². The van der Waals surface area contributed by atoms with Crippen molar-refractivity contribution < 1.29 is 14.3 Å². The summed E-state index contributed by atoms with van der Waals surface area (Å²) in [6.07, 6.45) is 5.02. The number of urea groups is 1. The summed E-state index contributed by atoms with van der Waals surface area (Å²) in [6, 6.07) is 6.55. The Morgan fingerprint density at radius 2 is 1.85 bits per heavy atom. The molecule has 1 aliphatic rings. The van der Waals surface area contributed by atoms with Gasteiger partial charge in [-0.1, -0.05) is 0 Å². The summed E-state index contributed by atoms with van der Waals surface area (Å²) in [4.78, 5) is 23.0. The Morgan fingerprint density at radius 1 is 1.04 bits per heavy atom. The molecular weight excluding hydrogens is 334 g/mol. The number of carbonyl (C=O) groups excluding carboxylic acids is 1. The Balaban J connectivity index is 1.68. The molecule has 3 rings (SSSR count). The van der Waals surface area contributed by atoms with Crippen LogP contribution >= 0.6 is 0 Å². The number of methoxy groups -OCH3 is 2. The zero-order chi connectivity index (χ0) is 18.4. The smallest absolute Gasteiger partial charge is 0.324 e.